The van der Waals surface area contributed by atoms with Crippen LogP contribution in [0.15, 0.2) is 30.5 Å². The summed E-state index contributed by atoms with van der Waals surface area (Å²) in [6.45, 7) is 12.2. The highest BCUT2D eigenvalue weighted by Crippen LogP contribution is 2.30. The van der Waals surface area contributed by atoms with Gasteiger partial charge in [-0.15, -0.1) is 0 Å². The van der Waals surface area contributed by atoms with E-state index in [-0.39, 0.29) is 12.0 Å². The standard InChI is InChI=1S/C25H32N4O5/c1-7-32-17-9-10-22(33-8-2)21(11-17)27-23(30)14-34-25(31)18-12-20(15(3)4)28-24-19(18)13-26-29(24)16(5)6/h9-13,15-16H,7-8,14H2,1-6H3,(H,27,30). The summed E-state index contributed by atoms with van der Waals surface area (Å²) in [5.41, 5.74) is 2.15. The van der Waals surface area contributed by atoms with Crippen molar-refractivity contribution in [1.82, 2.24) is 14.8 Å². The van der Waals surface area contributed by atoms with Gasteiger partial charge in [0.2, 0.25) is 0 Å². The molecule has 2 heterocycles. The average Bonchev–Trinajstić information content (AvgIpc) is 3.23. The van der Waals surface area contributed by atoms with Crippen molar-refractivity contribution < 1.29 is 23.8 Å². The number of hydrogen-bond acceptors (Lipinski definition) is 7. The molecule has 0 atom stereocenters. The van der Waals surface area contributed by atoms with Gasteiger partial charge in [-0.25, -0.2) is 14.5 Å². The van der Waals surface area contributed by atoms with E-state index in [1.54, 1.807) is 35.1 Å². The average molecular weight is 469 g/mol. The molecule has 0 saturated carbocycles. The third-order valence-corrected chi connectivity index (χ3v) is 5.06. The zero-order valence-electron chi connectivity index (χ0n) is 20.5. The molecule has 34 heavy (non-hydrogen) atoms. The Bertz CT molecular complexity index is 1170. The lowest BCUT2D eigenvalue weighted by atomic mass is 10.1. The number of esters is 1. The molecular weight excluding hydrogens is 436 g/mol. The number of hydrogen-bond donors (Lipinski definition) is 1. The van der Waals surface area contributed by atoms with E-state index in [9.17, 15) is 9.59 Å². The number of aromatic nitrogens is 3. The second-order valence-corrected chi connectivity index (χ2v) is 8.32. The Morgan fingerprint density at radius 2 is 1.79 bits per heavy atom. The van der Waals surface area contributed by atoms with Gasteiger partial charge in [0.05, 0.1) is 36.0 Å². The van der Waals surface area contributed by atoms with Crippen LogP contribution in [0.2, 0.25) is 0 Å². The fourth-order valence-corrected chi connectivity index (χ4v) is 3.42. The Balaban J connectivity index is 1.78. The van der Waals surface area contributed by atoms with Crippen LogP contribution in [0.1, 0.15) is 69.6 Å². The van der Waals surface area contributed by atoms with Crippen LogP contribution in [0.4, 0.5) is 5.69 Å². The first-order valence-corrected chi connectivity index (χ1v) is 11.5. The van der Waals surface area contributed by atoms with Gasteiger partial charge < -0.3 is 19.5 Å². The first kappa shape index (κ1) is 25.0. The Morgan fingerprint density at radius 3 is 2.44 bits per heavy atom. The number of fused-ring (bicyclic) bond motifs is 1. The number of pyridine rings is 1. The summed E-state index contributed by atoms with van der Waals surface area (Å²) in [5, 5.41) is 7.71. The molecule has 9 heteroatoms. The Labute approximate surface area is 199 Å². The van der Waals surface area contributed by atoms with Gasteiger partial charge >= 0.3 is 5.97 Å². The van der Waals surface area contributed by atoms with Gasteiger partial charge in [-0.3, -0.25) is 4.79 Å². The maximum Gasteiger partial charge on any atom is 0.339 e. The zero-order chi connectivity index (χ0) is 24.8. The van der Waals surface area contributed by atoms with Gasteiger partial charge in [-0.05, 0) is 51.8 Å². The number of carbonyl (C=O) groups is 2. The van der Waals surface area contributed by atoms with Crippen molar-refractivity contribution in [3.8, 4) is 11.5 Å². The van der Waals surface area contributed by atoms with Crippen molar-refractivity contribution in [2.45, 2.75) is 53.5 Å². The minimum Gasteiger partial charge on any atom is -0.494 e. The molecule has 0 bridgehead atoms. The number of benzene rings is 1. The summed E-state index contributed by atoms with van der Waals surface area (Å²) in [6, 6.07) is 6.95. The number of nitrogens with zero attached hydrogens (tertiary/aromatic N) is 3. The monoisotopic (exact) mass is 468 g/mol. The second kappa shape index (κ2) is 11.0. The highest BCUT2D eigenvalue weighted by molar-refractivity contribution is 6.04. The minimum absolute atomic E-state index is 0.0778. The van der Waals surface area contributed by atoms with E-state index in [2.05, 4.69) is 15.4 Å². The fraction of sp³-hybridized carbons (Fsp3) is 0.440. The van der Waals surface area contributed by atoms with Crippen LogP contribution in [0.5, 0.6) is 11.5 Å². The molecule has 0 radical (unpaired) electrons. The third-order valence-electron chi connectivity index (χ3n) is 5.06. The first-order valence-electron chi connectivity index (χ1n) is 11.5. The van der Waals surface area contributed by atoms with Crippen molar-refractivity contribution >= 4 is 28.6 Å². The van der Waals surface area contributed by atoms with Crippen LogP contribution in [0.25, 0.3) is 11.0 Å². The van der Waals surface area contributed by atoms with E-state index < -0.39 is 18.5 Å². The molecule has 1 aromatic carbocycles. The van der Waals surface area contributed by atoms with Crippen molar-refractivity contribution in [2.75, 3.05) is 25.1 Å². The molecule has 0 aliphatic carbocycles. The molecule has 0 aliphatic rings. The van der Waals surface area contributed by atoms with Crippen molar-refractivity contribution in [2.24, 2.45) is 0 Å². The number of amides is 1. The fourth-order valence-electron chi connectivity index (χ4n) is 3.42. The number of anilines is 1. The molecule has 0 unspecified atom stereocenters. The van der Waals surface area contributed by atoms with Gasteiger partial charge in [0.15, 0.2) is 12.3 Å². The van der Waals surface area contributed by atoms with Crippen molar-refractivity contribution in [1.29, 1.82) is 0 Å². The molecule has 182 valence electrons. The first-order chi connectivity index (χ1) is 16.2. The summed E-state index contributed by atoms with van der Waals surface area (Å²) < 4.78 is 18.2. The predicted molar refractivity (Wildman–Crippen MR) is 130 cm³/mol. The van der Waals surface area contributed by atoms with Gasteiger partial charge in [0.25, 0.3) is 5.91 Å². The summed E-state index contributed by atoms with van der Waals surface area (Å²) in [5.74, 6) is 0.102. The van der Waals surface area contributed by atoms with Gasteiger partial charge in [-0.2, -0.15) is 5.10 Å². The van der Waals surface area contributed by atoms with E-state index in [0.717, 1.165) is 5.69 Å². The second-order valence-electron chi connectivity index (χ2n) is 8.32. The van der Waals surface area contributed by atoms with Gasteiger partial charge in [-0.1, -0.05) is 13.8 Å². The molecule has 1 N–H and O–H groups in total. The van der Waals surface area contributed by atoms with E-state index >= 15 is 0 Å². The van der Waals surface area contributed by atoms with E-state index in [1.165, 1.54) is 0 Å². The van der Waals surface area contributed by atoms with Crippen LogP contribution < -0.4 is 14.8 Å². The number of carbonyl (C=O) groups excluding carboxylic acids is 2. The summed E-state index contributed by atoms with van der Waals surface area (Å²) in [6.07, 6.45) is 1.61. The SMILES string of the molecule is CCOc1ccc(OCC)c(NC(=O)COC(=O)c2cc(C(C)C)nc3c2cnn3C(C)C)c1. The lowest BCUT2D eigenvalue weighted by molar-refractivity contribution is -0.119. The molecule has 3 rings (SSSR count). The quantitative estimate of drug-likeness (QED) is 0.429. The number of rotatable bonds is 10. The lowest BCUT2D eigenvalue weighted by Crippen LogP contribution is -2.21. The van der Waals surface area contributed by atoms with E-state index in [1.807, 2.05) is 41.5 Å². The molecule has 0 saturated heterocycles. The Hall–Kier alpha value is -3.62. The lowest BCUT2D eigenvalue weighted by Gasteiger charge is -2.14. The molecule has 1 amide bonds. The predicted octanol–water partition coefficient (Wildman–Crippen LogP) is 4.73. The molecule has 2 aromatic heterocycles. The molecule has 0 aliphatic heterocycles. The minimum atomic E-state index is -0.610. The van der Waals surface area contributed by atoms with E-state index in [4.69, 9.17) is 14.2 Å². The smallest absolute Gasteiger partial charge is 0.339 e. The molecule has 0 fully saturated rings. The van der Waals surface area contributed by atoms with Crippen molar-refractivity contribution in [3.63, 3.8) is 0 Å². The summed E-state index contributed by atoms with van der Waals surface area (Å²) in [7, 11) is 0. The van der Waals surface area contributed by atoms with Crippen LogP contribution in [0, 0.1) is 0 Å². The molecular formula is C25H32N4O5. The largest absolute Gasteiger partial charge is 0.494 e. The number of nitrogens with one attached hydrogen (secondary N) is 1. The highest BCUT2D eigenvalue weighted by atomic mass is 16.5. The molecule has 9 nitrogen and oxygen atoms in total. The van der Waals surface area contributed by atoms with Gasteiger partial charge in [0, 0.05) is 17.8 Å². The van der Waals surface area contributed by atoms with Crippen LogP contribution >= 0.6 is 0 Å². The summed E-state index contributed by atoms with van der Waals surface area (Å²) >= 11 is 0. The van der Waals surface area contributed by atoms with Crippen LogP contribution in [0.3, 0.4) is 0 Å². The summed E-state index contributed by atoms with van der Waals surface area (Å²) in [4.78, 5) is 30.2. The Kier molecular flexibility index (Phi) is 8.09. The maximum atomic E-state index is 13.0. The van der Waals surface area contributed by atoms with Crippen LogP contribution in [-0.4, -0.2) is 46.5 Å². The normalized spacial score (nSPS) is 11.2. The zero-order valence-corrected chi connectivity index (χ0v) is 20.5. The Morgan fingerprint density at radius 1 is 1.06 bits per heavy atom. The highest BCUT2D eigenvalue weighted by Gasteiger charge is 2.21. The molecule has 3 aromatic rings. The van der Waals surface area contributed by atoms with Crippen LogP contribution in [-0.2, 0) is 9.53 Å². The molecule has 0 spiro atoms. The van der Waals surface area contributed by atoms with E-state index in [0.29, 0.717) is 47.0 Å². The topological polar surface area (TPSA) is 105 Å². The third kappa shape index (κ3) is 5.65. The maximum absolute atomic E-state index is 13.0. The van der Waals surface area contributed by atoms with Crippen molar-refractivity contribution in [3.05, 3.63) is 41.7 Å². The van der Waals surface area contributed by atoms with Gasteiger partial charge in [0.1, 0.15) is 11.5 Å². The number of ether oxygens (including phenoxy) is 3.